The van der Waals surface area contributed by atoms with Crippen molar-refractivity contribution in [3.63, 3.8) is 0 Å². The van der Waals surface area contributed by atoms with E-state index in [2.05, 4.69) is 12.2 Å². The molecule has 0 unspecified atom stereocenters. The molecule has 0 atom stereocenters. The number of unbranched alkanes of at least 4 members (excludes halogenated alkanes) is 15. The Balaban J connectivity index is 1.85. The lowest BCUT2D eigenvalue weighted by molar-refractivity contribution is -0.120. The van der Waals surface area contributed by atoms with Crippen molar-refractivity contribution in [1.29, 1.82) is 0 Å². The summed E-state index contributed by atoms with van der Waals surface area (Å²) in [5.74, 6) is 0.525. The van der Waals surface area contributed by atoms with Crippen molar-refractivity contribution < 1.29 is 14.6 Å². The van der Waals surface area contributed by atoms with E-state index in [1.807, 2.05) is 0 Å². The van der Waals surface area contributed by atoms with E-state index in [9.17, 15) is 9.90 Å². The smallest absolute Gasteiger partial charge is 0.224 e. The van der Waals surface area contributed by atoms with Crippen LogP contribution in [0.5, 0.6) is 11.5 Å². The number of hydrogen-bond donors (Lipinski definition) is 2. The Hall–Kier alpha value is -1.71. The van der Waals surface area contributed by atoms with Gasteiger partial charge in [0, 0.05) is 6.54 Å². The summed E-state index contributed by atoms with van der Waals surface area (Å²) in [6, 6.07) is 5.03. The Kier molecular flexibility index (Phi) is 16.8. The minimum absolute atomic E-state index is 0.0219. The molecule has 178 valence electrons. The van der Waals surface area contributed by atoms with Gasteiger partial charge in [-0.1, -0.05) is 109 Å². The Labute approximate surface area is 191 Å². The molecule has 0 aliphatic heterocycles. The van der Waals surface area contributed by atoms with Gasteiger partial charge in [-0.3, -0.25) is 4.79 Å². The van der Waals surface area contributed by atoms with Gasteiger partial charge < -0.3 is 15.2 Å². The van der Waals surface area contributed by atoms with Crippen LogP contribution in [0.3, 0.4) is 0 Å². The third kappa shape index (κ3) is 14.8. The molecule has 4 heteroatoms. The normalized spacial score (nSPS) is 10.9. The highest BCUT2D eigenvalue weighted by Crippen LogP contribution is 2.26. The molecule has 1 aromatic rings. The number of methoxy groups -OCH3 is 1. The largest absolute Gasteiger partial charge is 0.504 e. The number of carbonyl (C=O) groups is 1. The molecule has 2 N–H and O–H groups in total. The number of phenolic OH excluding ortho intramolecular Hbond substituents is 1. The molecule has 0 spiro atoms. The van der Waals surface area contributed by atoms with E-state index >= 15 is 0 Å². The predicted octanol–water partition coefficient (Wildman–Crippen LogP) is 7.32. The van der Waals surface area contributed by atoms with E-state index in [0.29, 0.717) is 12.2 Å². The van der Waals surface area contributed by atoms with Crippen molar-refractivity contribution in [2.75, 3.05) is 13.7 Å². The van der Waals surface area contributed by atoms with Gasteiger partial charge in [0.2, 0.25) is 5.91 Å². The van der Waals surface area contributed by atoms with Gasteiger partial charge in [0.1, 0.15) is 0 Å². The molecule has 0 saturated carbocycles. The summed E-state index contributed by atoms with van der Waals surface area (Å²) < 4.78 is 5.08. The lowest BCUT2D eigenvalue weighted by Crippen LogP contribution is -2.26. The van der Waals surface area contributed by atoms with Crippen LogP contribution in [0.25, 0.3) is 0 Å². The Bertz CT molecular complexity index is 574. The van der Waals surface area contributed by atoms with Gasteiger partial charge in [-0.2, -0.15) is 0 Å². The van der Waals surface area contributed by atoms with E-state index in [4.69, 9.17) is 4.74 Å². The van der Waals surface area contributed by atoms with Gasteiger partial charge in [-0.15, -0.1) is 0 Å². The highest BCUT2D eigenvalue weighted by Gasteiger charge is 2.07. The predicted molar refractivity (Wildman–Crippen MR) is 131 cm³/mol. The first-order chi connectivity index (χ1) is 15.2. The van der Waals surface area contributed by atoms with E-state index in [1.165, 1.54) is 103 Å². The molecule has 0 aliphatic rings. The number of amides is 1. The Morgan fingerprint density at radius 2 is 1.29 bits per heavy atom. The second kappa shape index (κ2) is 19.0. The molecule has 4 nitrogen and oxygen atoms in total. The molecule has 0 fully saturated rings. The number of ether oxygens (including phenoxy) is 1. The summed E-state index contributed by atoms with van der Waals surface area (Å²) in [6.07, 6.45) is 22.0. The van der Waals surface area contributed by atoms with Crippen LogP contribution in [0.2, 0.25) is 0 Å². The van der Waals surface area contributed by atoms with Crippen LogP contribution in [0.4, 0.5) is 0 Å². The van der Waals surface area contributed by atoms with E-state index < -0.39 is 0 Å². The van der Waals surface area contributed by atoms with Crippen LogP contribution < -0.4 is 10.1 Å². The number of aromatic hydroxyl groups is 1. The zero-order chi connectivity index (χ0) is 22.6. The Morgan fingerprint density at radius 3 is 1.77 bits per heavy atom. The number of nitrogens with one attached hydrogen (secondary N) is 1. The molecule has 1 amide bonds. The van der Waals surface area contributed by atoms with Crippen LogP contribution in [-0.2, 0) is 11.2 Å². The molecule has 1 rings (SSSR count). The maximum Gasteiger partial charge on any atom is 0.224 e. The third-order valence-corrected chi connectivity index (χ3v) is 5.96. The third-order valence-electron chi connectivity index (χ3n) is 5.96. The maximum absolute atomic E-state index is 12.0. The number of benzene rings is 1. The lowest BCUT2D eigenvalue weighted by atomic mass is 10.0. The molecule has 0 aromatic heterocycles. The van der Waals surface area contributed by atoms with Gasteiger partial charge in [-0.05, 0) is 24.1 Å². The zero-order valence-corrected chi connectivity index (χ0v) is 20.2. The first-order valence-corrected chi connectivity index (χ1v) is 12.8. The molecular weight excluding hydrogens is 386 g/mol. The number of rotatable bonds is 20. The molecule has 0 heterocycles. The number of carbonyl (C=O) groups excluding carboxylic acids is 1. The molecule has 31 heavy (non-hydrogen) atoms. The van der Waals surface area contributed by atoms with Crippen LogP contribution in [0, 0.1) is 0 Å². The summed E-state index contributed by atoms with van der Waals surface area (Å²) in [4.78, 5) is 12.0. The fourth-order valence-electron chi connectivity index (χ4n) is 3.98. The lowest BCUT2D eigenvalue weighted by Gasteiger charge is -2.08. The second-order valence-corrected chi connectivity index (χ2v) is 8.84. The topological polar surface area (TPSA) is 58.6 Å². The van der Waals surface area contributed by atoms with Gasteiger partial charge in [0.25, 0.3) is 0 Å². The van der Waals surface area contributed by atoms with Gasteiger partial charge >= 0.3 is 0 Å². The van der Waals surface area contributed by atoms with Crippen LogP contribution in [0.15, 0.2) is 18.2 Å². The van der Waals surface area contributed by atoms with Crippen LogP contribution >= 0.6 is 0 Å². The summed E-state index contributed by atoms with van der Waals surface area (Å²) in [7, 11) is 1.51. The Morgan fingerprint density at radius 1 is 0.806 bits per heavy atom. The minimum atomic E-state index is 0.0219. The first-order valence-electron chi connectivity index (χ1n) is 12.8. The summed E-state index contributed by atoms with van der Waals surface area (Å²) in [5, 5.41) is 12.6. The SMILES string of the molecule is CCCCCCCCCCCCCCCCCCNC(=O)Cc1ccc(O)c(OC)c1. The minimum Gasteiger partial charge on any atom is -0.504 e. The molecular formula is C27H47NO3. The molecule has 0 bridgehead atoms. The quantitative estimate of drug-likeness (QED) is 0.212. The van der Waals surface area contributed by atoms with Gasteiger partial charge in [-0.25, -0.2) is 0 Å². The second-order valence-electron chi connectivity index (χ2n) is 8.84. The van der Waals surface area contributed by atoms with Crippen LogP contribution in [-0.4, -0.2) is 24.7 Å². The molecule has 0 saturated heterocycles. The van der Waals surface area contributed by atoms with Gasteiger partial charge in [0.15, 0.2) is 11.5 Å². The first kappa shape index (κ1) is 27.3. The zero-order valence-electron chi connectivity index (χ0n) is 20.2. The molecule has 0 aliphatic carbocycles. The highest BCUT2D eigenvalue weighted by atomic mass is 16.5. The standard InChI is InChI=1S/C27H47NO3/c1-3-4-5-6-7-8-9-10-11-12-13-14-15-16-17-18-21-28-27(30)23-24-19-20-25(29)26(22-24)31-2/h19-20,22,29H,3-18,21,23H2,1-2H3,(H,28,30). The van der Waals surface area contributed by atoms with Crippen molar-refractivity contribution in [2.45, 2.75) is 116 Å². The van der Waals surface area contributed by atoms with Crippen molar-refractivity contribution in [3.8, 4) is 11.5 Å². The average molecular weight is 434 g/mol. The number of phenols is 1. The average Bonchev–Trinajstić information content (AvgIpc) is 2.77. The van der Waals surface area contributed by atoms with E-state index in [1.54, 1.807) is 18.2 Å². The van der Waals surface area contributed by atoms with Crippen molar-refractivity contribution in [2.24, 2.45) is 0 Å². The highest BCUT2D eigenvalue weighted by molar-refractivity contribution is 5.78. The van der Waals surface area contributed by atoms with Crippen molar-refractivity contribution in [3.05, 3.63) is 23.8 Å². The van der Waals surface area contributed by atoms with Crippen molar-refractivity contribution in [1.82, 2.24) is 5.32 Å². The molecule has 0 radical (unpaired) electrons. The van der Waals surface area contributed by atoms with E-state index in [0.717, 1.165) is 18.5 Å². The van der Waals surface area contributed by atoms with E-state index in [-0.39, 0.29) is 11.7 Å². The summed E-state index contributed by atoms with van der Waals surface area (Å²) in [6.45, 7) is 3.02. The number of hydrogen-bond acceptors (Lipinski definition) is 3. The fraction of sp³-hybridized carbons (Fsp3) is 0.741. The maximum atomic E-state index is 12.0. The summed E-state index contributed by atoms with van der Waals surface area (Å²) in [5.41, 5.74) is 0.846. The summed E-state index contributed by atoms with van der Waals surface area (Å²) >= 11 is 0. The fourth-order valence-corrected chi connectivity index (χ4v) is 3.98. The monoisotopic (exact) mass is 433 g/mol. The van der Waals surface area contributed by atoms with Crippen molar-refractivity contribution >= 4 is 5.91 Å². The molecule has 1 aromatic carbocycles. The van der Waals surface area contributed by atoms with Crippen LogP contribution in [0.1, 0.15) is 115 Å². The van der Waals surface area contributed by atoms with Gasteiger partial charge in [0.05, 0.1) is 13.5 Å².